The van der Waals surface area contributed by atoms with Crippen LogP contribution in [0.2, 0.25) is 5.02 Å². The van der Waals surface area contributed by atoms with Gasteiger partial charge in [0.1, 0.15) is 0 Å². The van der Waals surface area contributed by atoms with Crippen LogP contribution < -0.4 is 10.0 Å². The highest BCUT2D eigenvalue weighted by Gasteiger charge is 2.08. The molecule has 0 aromatic heterocycles. The molecule has 6 heteroatoms. The molecule has 0 amide bonds. The Morgan fingerprint density at radius 3 is 2.68 bits per heavy atom. The van der Waals surface area contributed by atoms with E-state index in [0.717, 1.165) is 24.8 Å². The third-order valence-electron chi connectivity index (χ3n) is 2.48. The van der Waals surface area contributed by atoms with Gasteiger partial charge >= 0.3 is 0 Å². The van der Waals surface area contributed by atoms with E-state index in [9.17, 15) is 8.42 Å². The Kier molecular flexibility index (Phi) is 5.69. The Bertz CT molecular complexity index is 544. The fourth-order valence-electron chi connectivity index (χ4n) is 1.61. The lowest BCUT2D eigenvalue weighted by atomic mass is 10.1. The van der Waals surface area contributed by atoms with E-state index in [0.29, 0.717) is 16.8 Å². The molecule has 1 unspecified atom stereocenters. The largest absolute Gasteiger partial charge is 0.383 e. The van der Waals surface area contributed by atoms with Crippen LogP contribution in [0.1, 0.15) is 19.8 Å². The van der Waals surface area contributed by atoms with Crippen molar-refractivity contribution in [2.24, 2.45) is 0 Å². The van der Waals surface area contributed by atoms with Gasteiger partial charge in [-0.15, -0.1) is 6.58 Å². The lowest BCUT2D eigenvalue weighted by Crippen LogP contribution is -2.15. The first-order chi connectivity index (χ1) is 8.81. The zero-order valence-corrected chi connectivity index (χ0v) is 12.7. The molecule has 1 aromatic rings. The average Bonchev–Trinajstić information content (AvgIpc) is 2.28. The van der Waals surface area contributed by atoms with Gasteiger partial charge in [-0.2, -0.15) is 0 Å². The maximum Gasteiger partial charge on any atom is 0.229 e. The lowest BCUT2D eigenvalue weighted by molar-refractivity contribution is 0.607. The summed E-state index contributed by atoms with van der Waals surface area (Å²) in [5.41, 5.74) is 1.24. The summed E-state index contributed by atoms with van der Waals surface area (Å²) in [6.45, 7) is 5.75. The molecule has 0 fully saturated rings. The van der Waals surface area contributed by atoms with E-state index in [4.69, 9.17) is 11.6 Å². The molecule has 0 aliphatic carbocycles. The van der Waals surface area contributed by atoms with E-state index in [-0.39, 0.29) is 0 Å². The molecule has 0 spiro atoms. The predicted molar refractivity (Wildman–Crippen MR) is 82.4 cm³/mol. The van der Waals surface area contributed by atoms with Gasteiger partial charge in [0.05, 0.1) is 17.0 Å². The van der Waals surface area contributed by atoms with Crippen LogP contribution in [0.3, 0.4) is 0 Å². The molecule has 0 aliphatic rings. The summed E-state index contributed by atoms with van der Waals surface area (Å²) in [5.74, 6) is 0. The molecule has 4 nitrogen and oxygen atoms in total. The van der Waals surface area contributed by atoms with Gasteiger partial charge in [-0.05, 0) is 38.0 Å². The number of anilines is 2. The first kappa shape index (κ1) is 15.9. The van der Waals surface area contributed by atoms with Crippen molar-refractivity contribution in [2.75, 3.05) is 16.3 Å². The first-order valence-electron chi connectivity index (χ1n) is 5.96. The summed E-state index contributed by atoms with van der Waals surface area (Å²) in [4.78, 5) is 0. The quantitative estimate of drug-likeness (QED) is 0.758. The molecule has 0 saturated heterocycles. The zero-order chi connectivity index (χ0) is 14.5. The molecular weight excluding hydrogens is 284 g/mol. The monoisotopic (exact) mass is 302 g/mol. The van der Waals surface area contributed by atoms with E-state index in [1.807, 2.05) is 6.08 Å². The molecule has 1 rings (SSSR count). The number of sulfonamides is 1. The molecule has 0 radical (unpaired) electrons. The van der Waals surface area contributed by atoms with Gasteiger partial charge in [-0.3, -0.25) is 4.72 Å². The average molecular weight is 303 g/mol. The van der Waals surface area contributed by atoms with Gasteiger partial charge in [0, 0.05) is 11.7 Å². The maximum absolute atomic E-state index is 11.1. The minimum absolute atomic E-state index is 0.294. The van der Waals surface area contributed by atoms with E-state index in [1.54, 1.807) is 18.2 Å². The molecule has 1 aromatic carbocycles. The number of allylic oxidation sites excluding steroid dienone is 1. The standard InChI is InChI=1S/C13H19ClN2O2S/c1-4-5-6-10(2)15-11-7-8-13(12(14)9-11)16-19(3,17)18/h4,7-10,15-16H,1,5-6H2,2-3H3. The number of halogens is 1. The topological polar surface area (TPSA) is 58.2 Å². The molecule has 0 bridgehead atoms. The molecule has 19 heavy (non-hydrogen) atoms. The zero-order valence-electron chi connectivity index (χ0n) is 11.1. The van der Waals surface area contributed by atoms with Crippen LogP contribution in [-0.4, -0.2) is 20.7 Å². The van der Waals surface area contributed by atoms with Gasteiger partial charge in [0.25, 0.3) is 0 Å². The predicted octanol–water partition coefficient (Wildman–Crippen LogP) is 3.48. The van der Waals surface area contributed by atoms with Crippen LogP contribution in [0.15, 0.2) is 30.9 Å². The van der Waals surface area contributed by atoms with Crippen molar-refractivity contribution in [3.8, 4) is 0 Å². The van der Waals surface area contributed by atoms with Gasteiger partial charge in [0.2, 0.25) is 10.0 Å². The molecule has 2 N–H and O–H groups in total. The fraction of sp³-hybridized carbons (Fsp3) is 0.385. The molecule has 0 aliphatic heterocycles. The summed E-state index contributed by atoms with van der Waals surface area (Å²) >= 11 is 6.04. The van der Waals surface area contributed by atoms with Crippen LogP contribution in [-0.2, 0) is 10.0 Å². The summed E-state index contributed by atoms with van der Waals surface area (Å²) in [5, 5.41) is 3.67. The van der Waals surface area contributed by atoms with Gasteiger partial charge in [-0.25, -0.2) is 8.42 Å². The van der Waals surface area contributed by atoms with Gasteiger partial charge in [-0.1, -0.05) is 17.7 Å². The van der Waals surface area contributed by atoms with Crippen molar-refractivity contribution in [1.82, 2.24) is 0 Å². The Hall–Kier alpha value is -1.20. The highest BCUT2D eigenvalue weighted by atomic mass is 35.5. The minimum atomic E-state index is -3.31. The molecule has 0 saturated carbocycles. The summed E-state index contributed by atoms with van der Waals surface area (Å²) < 4.78 is 24.6. The third-order valence-corrected chi connectivity index (χ3v) is 3.38. The van der Waals surface area contributed by atoms with Crippen LogP contribution in [0.5, 0.6) is 0 Å². The smallest absolute Gasteiger partial charge is 0.229 e. The first-order valence-corrected chi connectivity index (χ1v) is 8.23. The third kappa shape index (κ3) is 5.98. The van der Waals surface area contributed by atoms with Crippen molar-refractivity contribution >= 4 is 33.0 Å². The molecular formula is C13H19ClN2O2S. The van der Waals surface area contributed by atoms with Crippen molar-refractivity contribution in [3.05, 3.63) is 35.9 Å². The van der Waals surface area contributed by atoms with E-state index in [1.165, 1.54) is 0 Å². The van der Waals surface area contributed by atoms with E-state index in [2.05, 4.69) is 23.5 Å². The maximum atomic E-state index is 11.1. The number of rotatable bonds is 7. The Morgan fingerprint density at radius 2 is 2.16 bits per heavy atom. The summed E-state index contributed by atoms with van der Waals surface area (Å²) in [6.07, 6.45) is 4.89. The molecule has 0 heterocycles. The van der Waals surface area contributed by atoms with Crippen molar-refractivity contribution < 1.29 is 8.42 Å². The Labute approximate surface area is 119 Å². The normalized spacial score (nSPS) is 12.8. The number of benzene rings is 1. The van der Waals surface area contributed by atoms with Crippen LogP contribution in [0.25, 0.3) is 0 Å². The second-order valence-electron chi connectivity index (χ2n) is 4.48. The fourth-order valence-corrected chi connectivity index (χ4v) is 2.47. The summed E-state index contributed by atoms with van der Waals surface area (Å²) in [7, 11) is -3.31. The minimum Gasteiger partial charge on any atom is -0.383 e. The van der Waals surface area contributed by atoms with Crippen molar-refractivity contribution in [3.63, 3.8) is 0 Å². The van der Waals surface area contributed by atoms with Gasteiger partial charge < -0.3 is 5.32 Å². The highest BCUT2D eigenvalue weighted by molar-refractivity contribution is 7.92. The number of nitrogens with one attached hydrogen (secondary N) is 2. The number of hydrogen-bond donors (Lipinski definition) is 2. The lowest BCUT2D eigenvalue weighted by Gasteiger charge is -2.15. The van der Waals surface area contributed by atoms with E-state index >= 15 is 0 Å². The molecule has 1 atom stereocenters. The van der Waals surface area contributed by atoms with E-state index < -0.39 is 10.0 Å². The summed E-state index contributed by atoms with van der Waals surface area (Å²) in [6, 6.07) is 5.44. The Balaban J connectivity index is 2.74. The number of hydrogen-bond acceptors (Lipinski definition) is 3. The Morgan fingerprint density at radius 1 is 1.47 bits per heavy atom. The molecule has 106 valence electrons. The van der Waals surface area contributed by atoms with Crippen LogP contribution >= 0.6 is 11.6 Å². The highest BCUT2D eigenvalue weighted by Crippen LogP contribution is 2.26. The second-order valence-corrected chi connectivity index (χ2v) is 6.64. The second kappa shape index (κ2) is 6.82. The van der Waals surface area contributed by atoms with Crippen LogP contribution in [0, 0.1) is 0 Å². The SMILES string of the molecule is C=CCCC(C)Nc1ccc(NS(C)(=O)=O)c(Cl)c1. The van der Waals surface area contributed by atoms with Crippen molar-refractivity contribution in [2.45, 2.75) is 25.8 Å². The van der Waals surface area contributed by atoms with Gasteiger partial charge in [0.15, 0.2) is 0 Å². The van der Waals surface area contributed by atoms with Crippen LogP contribution in [0.4, 0.5) is 11.4 Å². The van der Waals surface area contributed by atoms with Crippen molar-refractivity contribution in [1.29, 1.82) is 0 Å².